The molecular weight excluding hydrogens is 312 g/mol. The highest BCUT2D eigenvalue weighted by Crippen LogP contribution is 2.33. The molecule has 0 saturated carbocycles. The molecule has 0 aromatic carbocycles. The van der Waals surface area contributed by atoms with Crippen molar-refractivity contribution in [2.75, 3.05) is 6.61 Å². The minimum atomic E-state index is -0.777. The zero-order valence-electron chi connectivity index (χ0n) is 18.8. The molecule has 0 aliphatic rings. The van der Waals surface area contributed by atoms with Crippen molar-refractivity contribution in [2.24, 2.45) is 17.3 Å². The number of rotatable bonds is 11. The molecular formula is C22H44O3. The van der Waals surface area contributed by atoms with Crippen LogP contribution in [0.5, 0.6) is 0 Å². The molecule has 0 N–H and O–H groups in total. The lowest BCUT2D eigenvalue weighted by molar-refractivity contribution is -0.172. The highest BCUT2D eigenvalue weighted by molar-refractivity contribution is 5.90. The van der Waals surface area contributed by atoms with E-state index in [-0.39, 0.29) is 16.8 Å². The average molecular weight is 357 g/mol. The van der Waals surface area contributed by atoms with E-state index in [1.165, 1.54) is 0 Å². The molecule has 0 amide bonds. The lowest BCUT2D eigenvalue weighted by Crippen LogP contribution is -2.49. The van der Waals surface area contributed by atoms with Crippen LogP contribution in [0.1, 0.15) is 95.4 Å². The second kappa shape index (κ2) is 9.50. The summed E-state index contributed by atoms with van der Waals surface area (Å²) in [4.78, 5) is 13.1. The standard InChI is InChI=1S/C22H44O3/c1-12-21(10,17(5)16(3)4)25-18(6)19(23)22(11,13-2)24-15-14-20(7,8)9/h16-18H,12-15H2,1-11H3. The first-order chi connectivity index (χ1) is 11.2. The van der Waals surface area contributed by atoms with Crippen molar-refractivity contribution in [2.45, 2.75) is 113 Å². The van der Waals surface area contributed by atoms with Crippen molar-refractivity contribution in [1.82, 2.24) is 0 Å². The normalized spacial score (nSPS) is 20.0. The quantitative estimate of drug-likeness (QED) is 0.452. The van der Waals surface area contributed by atoms with Gasteiger partial charge < -0.3 is 9.47 Å². The van der Waals surface area contributed by atoms with Crippen molar-refractivity contribution in [1.29, 1.82) is 0 Å². The van der Waals surface area contributed by atoms with Crippen LogP contribution < -0.4 is 0 Å². The number of hydrogen-bond donors (Lipinski definition) is 0. The summed E-state index contributed by atoms with van der Waals surface area (Å²) in [6.07, 6.45) is 2.01. The molecule has 4 unspecified atom stereocenters. The van der Waals surface area contributed by atoms with E-state index < -0.39 is 11.7 Å². The van der Waals surface area contributed by atoms with E-state index in [2.05, 4.69) is 55.4 Å². The molecule has 0 fully saturated rings. The molecule has 0 aliphatic carbocycles. The fraction of sp³-hybridized carbons (Fsp3) is 0.955. The van der Waals surface area contributed by atoms with Crippen LogP contribution in [-0.4, -0.2) is 29.7 Å². The van der Waals surface area contributed by atoms with Gasteiger partial charge in [0, 0.05) is 6.61 Å². The fourth-order valence-electron chi connectivity index (χ4n) is 3.03. The van der Waals surface area contributed by atoms with Gasteiger partial charge in [0.25, 0.3) is 0 Å². The van der Waals surface area contributed by atoms with E-state index in [1.807, 2.05) is 20.8 Å². The molecule has 0 radical (unpaired) electrons. The first kappa shape index (κ1) is 24.6. The van der Waals surface area contributed by atoms with Gasteiger partial charge in [-0.25, -0.2) is 0 Å². The predicted molar refractivity (Wildman–Crippen MR) is 107 cm³/mol. The first-order valence-electron chi connectivity index (χ1n) is 10.1. The van der Waals surface area contributed by atoms with Crippen molar-refractivity contribution in [3.8, 4) is 0 Å². The molecule has 4 atom stereocenters. The van der Waals surface area contributed by atoms with E-state index in [4.69, 9.17) is 9.47 Å². The number of ether oxygens (including phenoxy) is 2. The molecule has 0 saturated heterocycles. The highest BCUT2D eigenvalue weighted by Gasteiger charge is 2.41. The number of ketones is 1. The van der Waals surface area contributed by atoms with Crippen LogP contribution in [0.2, 0.25) is 0 Å². The summed E-state index contributed by atoms with van der Waals surface area (Å²) >= 11 is 0. The Kier molecular flexibility index (Phi) is 9.35. The van der Waals surface area contributed by atoms with Crippen molar-refractivity contribution >= 4 is 5.78 Å². The maximum Gasteiger partial charge on any atom is 0.192 e. The van der Waals surface area contributed by atoms with Gasteiger partial charge >= 0.3 is 0 Å². The Labute approximate surface area is 157 Å². The lowest BCUT2D eigenvalue weighted by Gasteiger charge is -2.41. The Morgan fingerprint density at radius 3 is 1.80 bits per heavy atom. The summed E-state index contributed by atoms with van der Waals surface area (Å²) in [6, 6.07) is 0. The van der Waals surface area contributed by atoms with Gasteiger partial charge in [0.1, 0.15) is 11.7 Å². The Bertz CT molecular complexity index is 410. The monoisotopic (exact) mass is 356 g/mol. The van der Waals surface area contributed by atoms with Gasteiger partial charge in [0.2, 0.25) is 0 Å². The minimum absolute atomic E-state index is 0.0551. The summed E-state index contributed by atoms with van der Waals surface area (Å²) in [6.45, 7) is 23.9. The Balaban J connectivity index is 5.07. The third-order valence-electron chi connectivity index (χ3n) is 5.95. The Hall–Kier alpha value is -0.410. The van der Waals surface area contributed by atoms with Gasteiger partial charge in [-0.15, -0.1) is 0 Å². The molecule has 0 aliphatic heterocycles. The summed E-state index contributed by atoms with van der Waals surface area (Å²) in [5.41, 5.74) is -0.878. The third-order valence-corrected chi connectivity index (χ3v) is 5.95. The van der Waals surface area contributed by atoms with Gasteiger partial charge in [-0.3, -0.25) is 4.79 Å². The Morgan fingerprint density at radius 1 is 0.920 bits per heavy atom. The van der Waals surface area contributed by atoms with Gasteiger partial charge in [-0.1, -0.05) is 55.4 Å². The van der Waals surface area contributed by atoms with Gasteiger partial charge in [-0.05, 0) is 57.3 Å². The van der Waals surface area contributed by atoms with Crippen LogP contribution in [0.3, 0.4) is 0 Å². The van der Waals surface area contributed by atoms with Crippen molar-refractivity contribution in [3.63, 3.8) is 0 Å². The molecule has 0 bridgehead atoms. The fourth-order valence-corrected chi connectivity index (χ4v) is 3.03. The molecule has 0 rings (SSSR count). The molecule has 0 aromatic rings. The summed E-state index contributed by atoms with van der Waals surface area (Å²) < 4.78 is 12.4. The molecule has 0 heterocycles. The van der Waals surface area contributed by atoms with E-state index in [1.54, 1.807) is 0 Å². The summed E-state index contributed by atoms with van der Waals surface area (Å²) in [7, 11) is 0. The van der Waals surface area contributed by atoms with E-state index in [0.717, 1.165) is 12.8 Å². The zero-order valence-corrected chi connectivity index (χ0v) is 18.8. The van der Waals surface area contributed by atoms with Crippen LogP contribution in [0.4, 0.5) is 0 Å². The van der Waals surface area contributed by atoms with Crippen molar-refractivity contribution in [3.05, 3.63) is 0 Å². The maximum atomic E-state index is 13.1. The van der Waals surface area contributed by atoms with Gasteiger partial charge in [0.05, 0.1) is 5.60 Å². The minimum Gasteiger partial charge on any atom is -0.367 e. The van der Waals surface area contributed by atoms with Crippen LogP contribution in [0, 0.1) is 17.3 Å². The maximum absolute atomic E-state index is 13.1. The second-order valence-corrected chi connectivity index (χ2v) is 9.57. The lowest BCUT2D eigenvalue weighted by atomic mass is 9.80. The smallest absolute Gasteiger partial charge is 0.192 e. The summed E-state index contributed by atoms with van der Waals surface area (Å²) in [5.74, 6) is 0.940. The van der Waals surface area contributed by atoms with E-state index in [9.17, 15) is 4.79 Å². The Morgan fingerprint density at radius 2 is 1.44 bits per heavy atom. The van der Waals surface area contributed by atoms with E-state index in [0.29, 0.717) is 24.9 Å². The summed E-state index contributed by atoms with van der Waals surface area (Å²) in [5, 5.41) is 0. The average Bonchev–Trinajstić information content (AvgIpc) is 2.51. The molecule has 3 heteroatoms. The first-order valence-corrected chi connectivity index (χ1v) is 10.1. The van der Waals surface area contributed by atoms with Gasteiger partial charge in [-0.2, -0.15) is 0 Å². The largest absolute Gasteiger partial charge is 0.367 e. The molecule has 0 aromatic heterocycles. The predicted octanol–water partition coefficient (Wildman–Crippen LogP) is 6.04. The van der Waals surface area contributed by atoms with Crippen molar-refractivity contribution < 1.29 is 14.3 Å². The SMILES string of the molecule is CCC(C)(OCCC(C)(C)C)C(=O)C(C)OC(C)(CC)C(C)C(C)C. The number of carbonyl (C=O) groups excluding carboxylic acids is 1. The van der Waals surface area contributed by atoms with Crippen LogP contribution >= 0.6 is 0 Å². The van der Waals surface area contributed by atoms with E-state index >= 15 is 0 Å². The molecule has 25 heavy (non-hydrogen) atoms. The molecule has 0 spiro atoms. The van der Waals surface area contributed by atoms with Crippen LogP contribution in [0.15, 0.2) is 0 Å². The highest BCUT2D eigenvalue weighted by atomic mass is 16.5. The zero-order chi connectivity index (χ0) is 20.1. The number of hydrogen-bond acceptors (Lipinski definition) is 3. The number of Topliss-reactive ketones (excluding diaryl/α,β-unsaturated/α-hetero) is 1. The van der Waals surface area contributed by atoms with Crippen LogP contribution in [0.25, 0.3) is 0 Å². The topological polar surface area (TPSA) is 35.5 Å². The van der Waals surface area contributed by atoms with Crippen LogP contribution in [-0.2, 0) is 14.3 Å². The molecule has 150 valence electrons. The second-order valence-electron chi connectivity index (χ2n) is 9.57. The third kappa shape index (κ3) is 7.38. The molecule has 3 nitrogen and oxygen atoms in total. The van der Waals surface area contributed by atoms with Gasteiger partial charge in [0.15, 0.2) is 5.78 Å². The number of carbonyl (C=O) groups is 1.